The molecule has 1 aliphatic rings. The van der Waals surface area contributed by atoms with Crippen LogP contribution >= 0.6 is 0 Å². The maximum Gasteiger partial charge on any atom is 0.435 e. The minimum Gasteiger partial charge on any atom is -0.396 e. The Morgan fingerprint density at radius 2 is 1.84 bits per heavy atom. The van der Waals surface area contributed by atoms with Crippen molar-refractivity contribution in [3.63, 3.8) is 0 Å². The number of nitrogens with zero attached hydrogens (tertiary/aromatic N) is 2. The molecular formula is C12H16F3N3O. The third-order valence-corrected chi connectivity index (χ3v) is 3.41. The van der Waals surface area contributed by atoms with Gasteiger partial charge in [-0.2, -0.15) is 13.2 Å². The van der Waals surface area contributed by atoms with Crippen molar-refractivity contribution >= 4 is 5.82 Å². The predicted molar refractivity (Wildman–Crippen MR) is 63.5 cm³/mol. The van der Waals surface area contributed by atoms with Gasteiger partial charge in [-0.05, 0) is 43.7 Å². The molecule has 4 nitrogen and oxygen atoms in total. The molecule has 0 bridgehead atoms. The van der Waals surface area contributed by atoms with Gasteiger partial charge in [-0.1, -0.05) is 0 Å². The number of anilines is 1. The summed E-state index contributed by atoms with van der Waals surface area (Å²) in [7, 11) is 0. The summed E-state index contributed by atoms with van der Waals surface area (Å²) in [6.45, 7) is 0.201. The van der Waals surface area contributed by atoms with Gasteiger partial charge in [0.25, 0.3) is 0 Å². The molecule has 0 atom stereocenters. The Labute approximate surface area is 109 Å². The average Bonchev–Trinajstić information content (AvgIpc) is 2.39. The van der Waals surface area contributed by atoms with E-state index in [4.69, 9.17) is 5.11 Å². The van der Waals surface area contributed by atoms with Gasteiger partial charge >= 0.3 is 6.18 Å². The SMILES string of the molecule is OCC1CCC(Nc2ccc(C(F)(F)F)nn2)CC1. The zero-order chi connectivity index (χ0) is 13.9. The molecule has 19 heavy (non-hydrogen) atoms. The Kier molecular flexibility index (Phi) is 4.24. The number of aliphatic hydroxyl groups is 1. The van der Waals surface area contributed by atoms with Gasteiger partial charge in [0.1, 0.15) is 5.82 Å². The lowest BCUT2D eigenvalue weighted by Crippen LogP contribution is -2.27. The minimum absolute atomic E-state index is 0.189. The number of nitrogens with one attached hydrogen (secondary N) is 1. The lowest BCUT2D eigenvalue weighted by atomic mass is 9.86. The first-order chi connectivity index (χ1) is 8.99. The predicted octanol–water partition coefficient (Wildman–Crippen LogP) is 2.46. The van der Waals surface area contributed by atoms with Crippen LogP contribution in [0.5, 0.6) is 0 Å². The molecule has 0 spiro atoms. The molecular weight excluding hydrogens is 259 g/mol. The smallest absolute Gasteiger partial charge is 0.396 e. The third-order valence-electron chi connectivity index (χ3n) is 3.41. The van der Waals surface area contributed by atoms with Crippen LogP contribution in [0, 0.1) is 5.92 Å². The monoisotopic (exact) mass is 275 g/mol. The van der Waals surface area contributed by atoms with E-state index >= 15 is 0 Å². The molecule has 0 amide bonds. The molecule has 0 aromatic carbocycles. The molecule has 7 heteroatoms. The maximum atomic E-state index is 12.3. The molecule has 1 aromatic heterocycles. The maximum absolute atomic E-state index is 12.3. The quantitative estimate of drug-likeness (QED) is 0.889. The third kappa shape index (κ3) is 3.79. The number of alkyl halides is 3. The van der Waals surface area contributed by atoms with Crippen molar-refractivity contribution in [3.05, 3.63) is 17.8 Å². The number of halogens is 3. The summed E-state index contributed by atoms with van der Waals surface area (Å²) in [5.74, 6) is 0.706. The molecule has 1 aromatic rings. The van der Waals surface area contributed by atoms with E-state index < -0.39 is 11.9 Å². The van der Waals surface area contributed by atoms with Crippen molar-refractivity contribution in [3.8, 4) is 0 Å². The summed E-state index contributed by atoms with van der Waals surface area (Å²) >= 11 is 0. The van der Waals surface area contributed by atoms with E-state index in [0.717, 1.165) is 31.7 Å². The second-order valence-electron chi connectivity index (χ2n) is 4.85. The van der Waals surface area contributed by atoms with E-state index in [1.54, 1.807) is 0 Å². The van der Waals surface area contributed by atoms with Gasteiger partial charge in [-0.15, -0.1) is 10.2 Å². The Morgan fingerprint density at radius 3 is 2.32 bits per heavy atom. The fraction of sp³-hybridized carbons (Fsp3) is 0.667. The van der Waals surface area contributed by atoms with Crippen molar-refractivity contribution in [2.45, 2.75) is 37.9 Å². The molecule has 1 fully saturated rings. The highest BCUT2D eigenvalue weighted by molar-refractivity contribution is 5.34. The van der Waals surface area contributed by atoms with Crippen LogP contribution in [0.2, 0.25) is 0 Å². The lowest BCUT2D eigenvalue weighted by molar-refractivity contribution is -0.141. The van der Waals surface area contributed by atoms with E-state index in [2.05, 4.69) is 15.5 Å². The van der Waals surface area contributed by atoms with Crippen molar-refractivity contribution < 1.29 is 18.3 Å². The highest BCUT2D eigenvalue weighted by Gasteiger charge is 2.33. The standard InChI is InChI=1S/C12H16F3N3O/c13-12(14,15)10-5-6-11(18-17-10)16-9-3-1-8(7-19)2-4-9/h5-6,8-9,19H,1-4,7H2,(H,16,18). The highest BCUT2D eigenvalue weighted by Crippen LogP contribution is 2.28. The summed E-state index contributed by atoms with van der Waals surface area (Å²) in [6, 6.07) is 2.41. The Hall–Kier alpha value is -1.37. The van der Waals surface area contributed by atoms with Crippen LogP contribution in [0.1, 0.15) is 31.4 Å². The van der Waals surface area contributed by atoms with Crippen LogP contribution in [0.25, 0.3) is 0 Å². The normalized spacial score (nSPS) is 24.2. The number of hydrogen-bond donors (Lipinski definition) is 2. The second kappa shape index (κ2) is 5.73. The summed E-state index contributed by atoms with van der Waals surface area (Å²) in [5, 5.41) is 18.8. The van der Waals surface area contributed by atoms with Crippen LogP contribution < -0.4 is 5.32 Å². The van der Waals surface area contributed by atoms with Gasteiger partial charge in [0.05, 0.1) is 0 Å². The molecule has 0 aliphatic heterocycles. The van der Waals surface area contributed by atoms with Gasteiger partial charge in [-0.3, -0.25) is 0 Å². The molecule has 0 radical (unpaired) electrons. The van der Waals surface area contributed by atoms with Gasteiger partial charge in [0.2, 0.25) is 0 Å². The van der Waals surface area contributed by atoms with Crippen LogP contribution in [-0.2, 0) is 6.18 Å². The summed E-state index contributed by atoms with van der Waals surface area (Å²) in [5.41, 5.74) is -0.984. The van der Waals surface area contributed by atoms with Gasteiger partial charge in [0, 0.05) is 12.6 Å². The largest absolute Gasteiger partial charge is 0.435 e. The number of hydrogen-bond acceptors (Lipinski definition) is 4. The molecule has 106 valence electrons. The minimum atomic E-state index is -4.45. The van der Waals surface area contributed by atoms with E-state index in [1.165, 1.54) is 6.07 Å². The number of aliphatic hydroxyl groups excluding tert-OH is 1. The van der Waals surface area contributed by atoms with Crippen LogP contribution in [0.3, 0.4) is 0 Å². The molecule has 0 saturated heterocycles. The molecule has 1 heterocycles. The van der Waals surface area contributed by atoms with Crippen molar-refractivity contribution in [1.82, 2.24) is 10.2 Å². The molecule has 2 rings (SSSR count). The first-order valence-corrected chi connectivity index (χ1v) is 6.27. The van der Waals surface area contributed by atoms with Gasteiger partial charge < -0.3 is 10.4 Å². The van der Waals surface area contributed by atoms with Gasteiger partial charge in [0.15, 0.2) is 5.69 Å². The number of rotatable bonds is 3. The lowest BCUT2D eigenvalue weighted by Gasteiger charge is -2.28. The van der Waals surface area contributed by atoms with E-state index in [1.807, 2.05) is 0 Å². The summed E-state index contributed by atoms with van der Waals surface area (Å²) in [6.07, 6.45) is -0.850. The van der Waals surface area contributed by atoms with Crippen molar-refractivity contribution in [2.75, 3.05) is 11.9 Å². The van der Waals surface area contributed by atoms with E-state index in [0.29, 0.717) is 11.7 Å². The van der Waals surface area contributed by atoms with Crippen LogP contribution in [0.15, 0.2) is 12.1 Å². The molecule has 0 unspecified atom stereocenters. The fourth-order valence-corrected chi connectivity index (χ4v) is 2.26. The Bertz CT molecular complexity index is 400. The van der Waals surface area contributed by atoms with Gasteiger partial charge in [-0.25, -0.2) is 0 Å². The van der Waals surface area contributed by atoms with Crippen molar-refractivity contribution in [2.24, 2.45) is 5.92 Å². The average molecular weight is 275 g/mol. The summed E-state index contributed by atoms with van der Waals surface area (Å²) < 4.78 is 36.9. The van der Waals surface area contributed by atoms with Crippen LogP contribution in [0.4, 0.5) is 19.0 Å². The highest BCUT2D eigenvalue weighted by atomic mass is 19.4. The zero-order valence-electron chi connectivity index (χ0n) is 10.3. The van der Waals surface area contributed by atoms with Crippen molar-refractivity contribution in [1.29, 1.82) is 0 Å². The Morgan fingerprint density at radius 1 is 1.16 bits per heavy atom. The molecule has 2 N–H and O–H groups in total. The topological polar surface area (TPSA) is 58.0 Å². The first-order valence-electron chi connectivity index (χ1n) is 6.27. The zero-order valence-corrected chi connectivity index (χ0v) is 10.3. The Balaban J connectivity index is 1.90. The van der Waals surface area contributed by atoms with Crippen LogP contribution in [-0.4, -0.2) is 28.0 Å². The summed E-state index contributed by atoms with van der Waals surface area (Å²) in [4.78, 5) is 0. The molecule has 1 aliphatic carbocycles. The second-order valence-corrected chi connectivity index (χ2v) is 4.85. The number of aromatic nitrogens is 2. The van der Waals surface area contributed by atoms with E-state index in [9.17, 15) is 13.2 Å². The molecule has 1 saturated carbocycles. The first kappa shape index (κ1) is 14.0. The van der Waals surface area contributed by atoms with E-state index in [-0.39, 0.29) is 12.6 Å². The fourth-order valence-electron chi connectivity index (χ4n) is 2.26.